The predicted molar refractivity (Wildman–Crippen MR) is 50.5 cm³/mol. The molecule has 0 aromatic carbocycles. The third-order valence-corrected chi connectivity index (χ3v) is 2.02. The molecule has 1 unspecified atom stereocenters. The van der Waals surface area contributed by atoms with Crippen molar-refractivity contribution in [3.8, 4) is 0 Å². The minimum atomic E-state index is -2.28. The molecule has 0 spiro atoms. The minimum Gasteiger partial charge on any atom is -0.469 e. The van der Waals surface area contributed by atoms with Gasteiger partial charge < -0.3 is 9.73 Å². The maximum atomic E-state index is 11.8. The summed E-state index contributed by atoms with van der Waals surface area (Å²) in [5.41, 5.74) is 0. The Kier molecular flexibility index (Phi) is 4.59. The summed E-state index contributed by atoms with van der Waals surface area (Å²) in [6, 6.07) is 3.81. The summed E-state index contributed by atoms with van der Waals surface area (Å²) < 4.78 is 28.8. The molecule has 0 saturated carbocycles. The van der Waals surface area contributed by atoms with Gasteiger partial charge in [0.15, 0.2) is 0 Å². The van der Waals surface area contributed by atoms with E-state index in [1.807, 2.05) is 19.1 Å². The average Bonchev–Trinajstić information content (AvgIpc) is 2.63. The topological polar surface area (TPSA) is 25.2 Å². The Hall–Kier alpha value is -0.900. The molecule has 1 rings (SSSR count). The van der Waals surface area contributed by atoms with E-state index in [2.05, 4.69) is 5.32 Å². The van der Waals surface area contributed by atoms with Crippen LogP contribution in [0.1, 0.15) is 19.1 Å². The Labute approximate surface area is 82.3 Å². The lowest BCUT2D eigenvalue weighted by Crippen LogP contribution is -2.30. The van der Waals surface area contributed by atoms with Crippen molar-refractivity contribution >= 4 is 0 Å². The smallest absolute Gasteiger partial charge is 0.250 e. The number of hydrogen-bond donors (Lipinski definition) is 1. The van der Waals surface area contributed by atoms with Crippen molar-refractivity contribution in [2.24, 2.45) is 0 Å². The van der Waals surface area contributed by atoms with Gasteiger partial charge in [0.05, 0.1) is 12.8 Å². The molecular formula is C10H15F2NO. The van der Waals surface area contributed by atoms with Crippen LogP contribution in [0, 0.1) is 0 Å². The summed E-state index contributed by atoms with van der Waals surface area (Å²) in [7, 11) is 0. The molecule has 14 heavy (non-hydrogen) atoms. The summed E-state index contributed by atoms with van der Waals surface area (Å²) in [5.74, 6) is 0.899. The van der Waals surface area contributed by atoms with Gasteiger partial charge in [-0.1, -0.05) is 0 Å². The van der Waals surface area contributed by atoms with Crippen LogP contribution in [0.4, 0.5) is 8.78 Å². The molecule has 0 radical (unpaired) electrons. The number of alkyl halides is 2. The van der Waals surface area contributed by atoms with Crippen LogP contribution in [0.15, 0.2) is 22.8 Å². The summed E-state index contributed by atoms with van der Waals surface area (Å²) in [4.78, 5) is 0. The number of rotatable bonds is 6. The lowest BCUT2D eigenvalue weighted by molar-refractivity contribution is 0.141. The summed E-state index contributed by atoms with van der Waals surface area (Å²) in [6.07, 6.45) is 0.929. The molecule has 1 N–H and O–H groups in total. The first-order chi connectivity index (χ1) is 6.68. The van der Waals surface area contributed by atoms with Crippen molar-refractivity contribution < 1.29 is 13.2 Å². The van der Waals surface area contributed by atoms with Gasteiger partial charge in [0.25, 0.3) is 6.43 Å². The highest BCUT2D eigenvalue weighted by atomic mass is 19.3. The summed E-state index contributed by atoms with van der Waals surface area (Å²) in [5, 5.41) is 2.75. The molecule has 0 aliphatic heterocycles. The van der Waals surface area contributed by atoms with E-state index in [4.69, 9.17) is 4.42 Å². The van der Waals surface area contributed by atoms with E-state index >= 15 is 0 Å². The van der Waals surface area contributed by atoms with Crippen LogP contribution in [0.5, 0.6) is 0 Å². The van der Waals surface area contributed by atoms with Gasteiger partial charge in [-0.25, -0.2) is 8.78 Å². The Morgan fingerprint density at radius 3 is 2.86 bits per heavy atom. The highest BCUT2D eigenvalue weighted by Gasteiger charge is 2.07. The zero-order chi connectivity index (χ0) is 10.4. The molecule has 0 amide bonds. The fourth-order valence-electron chi connectivity index (χ4n) is 1.21. The second-order valence-corrected chi connectivity index (χ2v) is 3.32. The number of hydrogen-bond acceptors (Lipinski definition) is 2. The maximum Gasteiger partial charge on any atom is 0.250 e. The van der Waals surface area contributed by atoms with Crippen molar-refractivity contribution in [2.45, 2.75) is 32.2 Å². The molecule has 1 aromatic rings. The largest absolute Gasteiger partial charge is 0.469 e. The molecule has 2 nitrogen and oxygen atoms in total. The highest BCUT2D eigenvalue weighted by Crippen LogP contribution is 2.05. The van der Waals surface area contributed by atoms with Gasteiger partial charge in [-0.2, -0.15) is 0 Å². The van der Waals surface area contributed by atoms with Crippen molar-refractivity contribution in [3.05, 3.63) is 24.2 Å². The monoisotopic (exact) mass is 203 g/mol. The van der Waals surface area contributed by atoms with E-state index in [0.717, 1.165) is 18.6 Å². The van der Waals surface area contributed by atoms with Gasteiger partial charge in [-0.15, -0.1) is 0 Å². The number of furan rings is 1. The Morgan fingerprint density at radius 1 is 1.50 bits per heavy atom. The summed E-state index contributed by atoms with van der Waals surface area (Å²) in [6.45, 7) is 1.66. The van der Waals surface area contributed by atoms with E-state index in [1.54, 1.807) is 6.26 Å². The van der Waals surface area contributed by atoms with Crippen LogP contribution in [0.25, 0.3) is 0 Å². The number of nitrogens with one attached hydrogen (secondary N) is 1. The third-order valence-electron chi connectivity index (χ3n) is 2.02. The molecule has 1 heterocycles. The third kappa shape index (κ3) is 4.37. The van der Waals surface area contributed by atoms with Gasteiger partial charge >= 0.3 is 0 Å². The van der Waals surface area contributed by atoms with E-state index in [1.165, 1.54) is 0 Å². The highest BCUT2D eigenvalue weighted by molar-refractivity contribution is 4.98. The van der Waals surface area contributed by atoms with Crippen molar-refractivity contribution in [2.75, 3.05) is 6.54 Å². The molecule has 1 aromatic heterocycles. The van der Waals surface area contributed by atoms with E-state index in [9.17, 15) is 8.78 Å². The molecule has 1 atom stereocenters. The van der Waals surface area contributed by atoms with E-state index < -0.39 is 6.43 Å². The van der Waals surface area contributed by atoms with Crippen LogP contribution in [0.3, 0.4) is 0 Å². The number of aryl methyl sites for hydroxylation is 1. The Bertz CT molecular complexity index is 236. The van der Waals surface area contributed by atoms with Crippen LogP contribution >= 0.6 is 0 Å². The molecular weight excluding hydrogens is 188 g/mol. The molecule has 0 fully saturated rings. The summed E-state index contributed by atoms with van der Waals surface area (Å²) >= 11 is 0. The molecule has 4 heteroatoms. The van der Waals surface area contributed by atoms with Gasteiger partial charge in [0.1, 0.15) is 5.76 Å². The second kappa shape index (κ2) is 5.75. The fraction of sp³-hybridized carbons (Fsp3) is 0.600. The van der Waals surface area contributed by atoms with Crippen LogP contribution in [-0.2, 0) is 6.42 Å². The lowest BCUT2D eigenvalue weighted by Gasteiger charge is -2.12. The van der Waals surface area contributed by atoms with Crippen LogP contribution in [0.2, 0.25) is 0 Å². The molecule has 0 bridgehead atoms. The van der Waals surface area contributed by atoms with Gasteiger partial charge in [-0.05, 0) is 25.5 Å². The maximum absolute atomic E-state index is 11.8. The zero-order valence-corrected chi connectivity index (χ0v) is 8.17. The van der Waals surface area contributed by atoms with E-state index in [-0.39, 0.29) is 12.6 Å². The van der Waals surface area contributed by atoms with Crippen molar-refractivity contribution in [3.63, 3.8) is 0 Å². The predicted octanol–water partition coefficient (Wildman–Crippen LogP) is 2.46. The first-order valence-electron chi connectivity index (χ1n) is 4.72. The molecule has 0 saturated heterocycles. The van der Waals surface area contributed by atoms with Crippen LogP contribution in [-0.4, -0.2) is 19.0 Å². The fourth-order valence-corrected chi connectivity index (χ4v) is 1.21. The van der Waals surface area contributed by atoms with Gasteiger partial charge in [0.2, 0.25) is 0 Å². The first-order valence-corrected chi connectivity index (χ1v) is 4.72. The standard InChI is InChI=1S/C10H15F2NO/c1-8(13-7-10(11)12)4-5-9-3-2-6-14-9/h2-3,6,8,10,13H,4-5,7H2,1H3. The second-order valence-electron chi connectivity index (χ2n) is 3.32. The molecule has 0 aliphatic carbocycles. The molecule has 80 valence electrons. The SMILES string of the molecule is CC(CCc1ccco1)NCC(F)F. The van der Waals surface area contributed by atoms with Gasteiger partial charge in [-0.3, -0.25) is 0 Å². The average molecular weight is 203 g/mol. The van der Waals surface area contributed by atoms with E-state index in [0.29, 0.717) is 0 Å². The molecule has 0 aliphatic rings. The van der Waals surface area contributed by atoms with Crippen molar-refractivity contribution in [1.82, 2.24) is 5.32 Å². The Morgan fingerprint density at radius 2 is 2.29 bits per heavy atom. The normalized spacial score (nSPS) is 13.4. The van der Waals surface area contributed by atoms with Crippen LogP contribution < -0.4 is 5.32 Å². The zero-order valence-electron chi connectivity index (χ0n) is 8.17. The minimum absolute atomic E-state index is 0.0918. The number of halogens is 2. The Balaban J connectivity index is 2.12. The first kappa shape index (κ1) is 11.2. The van der Waals surface area contributed by atoms with Crippen molar-refractivity contribution in [1.29, 1.82) is 0 Å². The quantitative estimate of drug-likeness (QED) is 0.768. The lowest BCUT2D eigenvalue weighted by atomic mass is 10.1. The van der Waals surface area contributed by atoms with Gasteiger partial charge in [0, 0.05) is 12.5 Å².